The Kier molecular flexibility index (Phi) is 8.14. The average molecular weight is 614 g/mol. The van der Waals surface area contributed by atoms with Gasteiger partial charge < -0.3 is 15.0 Å². The van der Waals surface area contributed by atoms with Crippen molar-refractivity contribution >= 4 is 32.5 Å². The number of nitrogens with one attached hydrogen (secondary N) is 1. The number of morpholine rings is 1. The first kappa shape index (κ1) is 30.4. The number of rotatable bonds is 6. The largest absolute Gasteiger partial charge is 0.418 e. The normalized spacial score (nSPS) is 17.7. The summed E-state index contributed by atoms with van der Waals surface area (Å²) in [5.41, 5.74) is 0.347. The summed E-state index contributed by atoms with van der Waals surface area (Å²) in [5.74, 6) is -0.101. The lowest BCUT2D eigenvalue weighted by Gasteiger charge is -2.36. The molecule has 1 N–H and O–H groups in total. The Morgan fingerprint density at radius 2 is 1.77 bits per heavy atom. The van der Waals surface area contributed by atoms with E-state index in [2.05, 4.69) is 20.3 Å². The van der Waals surface area contributed by atoms with Gasteiger partial charge in [0, 0.05) is 36.5 Å². The van der Waals surface area contributed by atoms with Gasteiger partial charge in [-0.3, -0.25) is 9.78 Å². The van der Waals surface area contributed by atoms with Crippen LogP contribution in [0.25, 0.3) is 22.3 Å². The molecule has 0 radical (unpaired) electrons. The third-order valence-corrected chi connectivity index (χ3v) is 8.32. The van der Waals surface area contributed by atoms with Crippen LogP contribution in [0.3, 0.4) is 0 Å². The van der Waals surface area contributed by atoms with E-state index in [9.17, 15) is 26.4 Å². The summed E-state index contributed by atoms with van der Waals surface area (Å²) >= 11 is 0. The third-order valence-electron chi connectivity index (χ3n) is 7.08. The topological polar surface area (TPSA) is 114 Å². The number of ether oxygens (including phenoxy) is 1. The lowest BCUT2D eigenvalue weighted by atomic mass is 10.1. The number of sulfone groups is 1. The summed E-state index contributed by atoms with van der Waals surface area (Å²) in [7, 11) is -3.52. The monoisotopic (exact) mass is 613 g/mol. The molecule has 9 nitrogen and oxygen atoms in total. The fourth-order valence-corrected chi connectivity index (χ4v) is 6.11. The minimum absolute atomic E-state index is 0.0162. The van der Waals surface area contributed by atoms with Crippen LogP contribution in [0.2, 0.25) is 0 Å². The van der Waals surface area contributed by atoms with Crippen LogP contribution in [0, 0.1) is 6.92 Å². The highest BCUT2D eigenvalue weighted by Gasteiger charge is 2.36. The number of anilines is 1. The predicted molar refractivity (Wildman–Crippen MR) is 155 cm³/mol. The molecule has 1 fully saturated rings. The number of alkyl halides is 3. The molecule has 13 heteroatoms. The molecule has 4 heterocycles. The first-order valence-corrected chi connectivity index (χ1v) is 15.4. The third kappa shape index (κ3) is 6.78. The van der Waals surface area contributed by atoms with Crippen molar-refractivity contribution in [1.82, 2.24) is 20.3 Å². The van der Waals surface area contributed by atoms with Gasteiger partial charge in [0.2, 0.25) is 0 Å². The minimum Gasteiger partial charge on any atom is -0.372 e. The van der Waals surface area contributed by atoms with Crippen LogP contribution in [-0.4, -0.2) is 60.8 Å². The molecule has 3 aromatic heterocycles. The summed E-state index contributed by atoms with van der Waals surface area (Å²) in [6, 6.07) is 11.5. The van der Waals surface area contributed by atoms with Crippen molar-refractivity contribution in [3.63, 3.8) is 0 Å². The molecule has 0 spiro atoms. The SMILES string of the molecule is Cc1ccc(C(=O)NCc2cc3nc(-c4nc(N5C[C@@H](C)O[C@@H](C)C5)ccc4C(F)(F)F)ccc3cn2)cc1S(C)(=O)=O. The Labute approximate surface area is 247 Å². The molecule has 43 heavy (non-hydrogen) atoms. The smallest absolute Gasteiger partial charge is 0.372 e. The molecular weight excluding hydrogens is 583 g/mol. The van der Waals surface area contributed by atoms with Crippen LogP contribution in [0.1, 0.15) is 41.0 Å². The highest BCUT2D eigenvalue weighted by molar-refractivity contribution is 7.90. The van der Waals surface area contributed by atoms with E-state index in [1.165, 1.54) is 30.5 Å². The van der Waals surface area contributed by atoms with E-state index in [1.54, 1.807) is 25.1 Å². The summed E-state index contributed by atoms with van der Waals surface area (Å²) in [6.07, 6.45) is -2.26. The predicted octanol–water partition coefficient (Wildman–Crippen LogP) is 4.97. The number of aryl methyl sites for hydroxylation is 1. The van der Waals surface area contributed by atoms with Gasteiger partial charge in [-0.1, -0.05) is 6.07 Å². The van der Waals surface area contributed by atoms with Crippen LogP contribution in [0.15, 0.2) is 59.6 Å². The van der Waals surface area contributed by atoms with Gasteiger partial charge in [0.1, 0.15) is 11.5 Å². The van der Waals surface area contributed by atoms with E-state index in [-0.39, 0.29) is 40.6 Å². The highest BCUT2D eigenvalue weighted by Crippen LogP contribution is 2.37. The molecule has 2 atom stereocenters. The lowest BCUT2D eigenvalue weighted by molar-refractivity contribution is -0.137. The van der Waals surface area contributed by atoms with Gasteiger partial charge >= 0.3 is 6.18 Å². The first-order chi connectivity index (χ1) is 20.2. The van der Waals surface area contributed by atoms with E-state index >= 15 is 0 Å². The Morgan fingerprint density at radius 1 is 1.05 bits per heavy atom. The van der Waals surface area contributed by atoms with Crippen LogP contribution >= 0.6 is 0 Å². The summed E-state index contributed by atoms with van der Waals surface area (Å²) < 4.78 is 72.0. The maximum atomic E-state index is 14.1. The van der Waals surface area contributed by atoms with Gasteiger partial charge in [-0.2, -0.15) is 13.2 Å². The number of carbonyl (C=O) groups excluding carboxylic acids is 1. The zero-order chi connectivity index (χ0) is 31.1. The molecule has 0 unspecified atom stereocenters. The molecule has 0 saturated carbocycles. The molecule has 4 aromatic rings. The molecule has 0 bridgehead atoms. The van der Waals surface area contributed by atoms with Gasteiger partial charge in [-0.15, -0.1) is 0 Å². The number of hydrogen-bond donors (Lipinski definition) is 1. The van der Waals surface area contributed by atoms with Gasteiger partial charge in [-0.05, 0) is 68.8 Å². The number of halogens is 3. The number of fused-ring (bicyclic) bond motifs is 1. The molecule has 1 aliphatic rings. The Hall–Kier alpha value is -4.10. The van der Waals surface area contributed by atoms with E-state index in [1.807, 2.05) is 18.7 Å². The van der Waals surface area contributed by atoms with Gasteiger partial charge in [-0.25, -0.2) is 18.4 Å². The van der Waals surface area contributed by atoms with Crippen LogP contribution in [0.4, 0.5) is 19.0 Å². The second kappa shape index (κ2) is 11.5. The molecular formula is C30H30F3N5O4S. The van der Waals surface area contributed by atoms with Crippen molar-refractivity contribution in [1.29, 1.82) is 0 Å². The quantitative estimate of drug-likeness (QED) is 0.325. The van der Waals surface area contributed by atoms with Crippen molar-refractivity contribution in [3.8, 4) is 11.4 Å². The fourth-order valence-electron chi connectivity index (χ4n) is 5.11. The maximum Gasteiger partial charge on any atom is 0.418 e. The first-order valence-electron chi connectivity index (χ1n) is 13.5. The zero-order valence-corrected chi connectivity index (χ0v) is 24.8. The van der Waals surface area contributed by atoms with Crippen molar-refractivity contribution in [2.75, 3.05) is 24.2 Å². The Bertz CT molecular complexity index is 1800. The van der Waals surface area contributed by atoms with Gasteiger partial charge in [0.15, 0.2) is 9.84 Å². The number of amides is 1. The number of aromatic nitrogens is 3. The van der Waals surface area contributed by atoms with Gasteiger partial charge in [0.25, 0.3) is 5.91 Å². The minimum atomic E-state index is -4.65. The number of nitrogens with zero attached hydrogens (tertiary/aromatic N) is 4. The molecule has 1 amide bonds. The number of carbonyl (C=O) groups is 1. The Morgan fingerprint density at radius 3 is 2.44 bits per heavy atom. The van der Waals surface area contributed by atoms with Crippen LogP contribution in [-0.2, 0) is 27.3 Å². The van der Waals surface area contributed by atoms with Crippen LogP contribution in [0.5, 0.6) is 0 Å². The summed E-state index contributed by atoms with van der Waals surface area (Å²) in [4.78, 5) is 28.0. The van der Waals surface area contributed by atoms with Crippen molar-refractivity contribution in [2.24, 2.45) is 0 Å². The van der Waals surface area contributed by atoms with Crippen molar-refractivity contribution < 1.29 is 31.1 Å². The molecule has 1 aliphatic heterocycles. The van der Waals surface area contributed by atoms with Crippen molar-refractivity contribution in [2.45, 2.75) is 50.6 Å². The zero-order valence-electron chi connectivity index (χ0n) is 23.9. The Balaban J connectivity index is 1.43. The summed E-state index contributed by atoms with van der Waals surface area (Å²) in [5, 5.41) is 3.30. The molecule has 5 rings (SSSR count). The number of hydrogen-bond acceptors (Lipinski definition) is 8. The lowest BCUT2D eigenvalue weighted by Crippen LogP contribution is -2.45. The van der Waals surface area contributed by atoms with E-state index in [0.717, 1.165) is 12.3 Å². The van der Waals surface area contributed by atoms with E-state index in [4.69, 9.17) is 4.74 Å². The average Bonchev–Trinajstić information content (AvgIpc) is 2.93. The fraction of sp³-hybridized carbons (Fsp3) is 0.333. The van der Waals surface area contributed by atoms with E-state index in [0.29, 0.717) is 41.1 Å². The number of pyridine rings is 3. The highest BCUT2D eigenvalue weighted by atomic mass is 32.2. The molecule has 0 aliphatic carbocycles. The van der Waals surface area contributed by atoms with Crippen LogP contribution < -0.4 is 10.2 Å². The van der Waals surface area contributed by atoms with Crippen molar-refractivity contribution in [3.05, 3.63) is 77.1 Å². The molecule has 1 saturated heterocycles. The van der Waals surface area contributed by atoms with Gasteiger partial charge in [0.05, 0.1) is 46.1 Å². The second-order valence-electron chi connectivity index (χ2n) is 10.7. The van der Waals surface area contributed by atoms with E-state index < -0.39 is 27.5 Å². The number of benzene rings is 1. The maximum absolute atomic E-state index is 14.1. The standard InChI is InChI=1S/C30H30F3N5O4S/c1-17-5-6-20(11-26(17)43(4,40)41)29(39)35-14-22-12-25-21(13-34-22)7-9-24(36-25)28-23(30(31,32)33)8-10-27(37-28)38-15-18(2)42-19(3)16-38/h5-13,18-19H,14-16H2,1-4H3,(H,35,39)/t18-,19+. The summed E-state index contributed by atoms with van der Waals surface area (Å²) in [6.45, 7) is 6.42. The molecule has 1 aromatic carbocycles. The molecule has 226 valence electrons. The second-order valence-corrected chi connectivity index (χ2v) is 12.7.